The van der Waals surface area contributed by atoms with Gasteiger partial charge in [-0.05, 0) is 41.0 Å². The van der Waals surface area contributed by atoms with Crippen molar-refractivity contribution in [2.24, 2.45) is 0 Å². The largest absolute Gasteiger partial charge is 0.508 e. The molecule has 0 fully saturated rings. The minimum atomic E-state index is 0.158. The third kappa shape index (κ3) is 1.27. The molecule has 16 heavy (non-hydrogen) atoms. The normalized spacial score (nSPS) is 12.0. The summed E-state index contributed by atoms with van der Waals surface area (Å²) >= 11 is 0. The molecule has 0 spiro atoms. The smallest absolute Gasteiger partial charge is 0.123 e. The molecule has 0 radical (unpaired) electrons. The van der Waals surface area contributed by atoms with E-state index in [1.807, 2.05) is 30.4 Å². The fourth-order valence-corrected chi connectivity index (χ4v) is 1.88. The number of phenols is 2. The Kier molecular flexibility index (Phi) is 1.77. The topological polar surface area (TPSA) is 40.5 Å². The molecule has 2 aromatic rings. The second-order valence-electron chi connectivity index (χ2n) is 3.88. The Morgan fingerprint density at radius 3 is 2.25 bits per heavy atom. The van der Waals surface area contributed by atoms with Gasteiger partial charge in [-0.25, -0.2) is 0 Å². The zero-order chi connectivity index (χ0) is 11.1. The van der Waals surface area contributed by atoms with E-state index in [0.29, 0.717) is 5.56 Å². The molecule has 0 heterocycles. The van der Waals surface area contributed by atoms with Gasteiger partial charge < -0.3 is 10.2 Å². The van der Waals surface area contributed by atoms with Gasteiger partial charge in [0.25, 0.3) is 0 Å². The Morgan fingerprint density at radius 2 is 1.56 bits per heavy atom. The number of benzene rings is 2. The maximum absolute atomic E-state index is 9.74. The van der Waals surface area contributed by atoms with Gasteiger partial charge in [0.15, 0.2) is 0 Å². The molecule has 0 bridgehead atoms. The van der Waals surface area contributed by atoms with Crippen LogP contribution in [-0.2, 0) is 0 Å². The van der Waals surface area contributed by atoms with Gasteiger partial charge in [0, 0.05) is 5.56 Å². The number of phenolic OH excluding ortho intramolecular Hbond substituents is 2. The highest BCUT2D eigenvalue weighted by atomic mass is 16.3. The molecule has 78 valence electrons. The van der Waals surface area contributed by atoms with Crippen molar-refractivity contribution < 1.29 is 10.2 Å². The summed E-state index contributed by atoms with van der Waals surface area (Å²) in [6, 6.07) is 10.5. The van der Waals surface area contributed by atoms with Crippen molar-refractivity contribution in [3.8, 4) is 22.6 Å². The van der Waals surface area contributed by atoms with Crippen LogP contribution in [0.15, 0.2) is 36.4 Å². The van der Waals surface area contributed by atoms with E-state index >= 15 is 0 Å². The lowest BCUT2D eigenvalue weighted by atomic mass is 9.93. The van der Waals surface area contributed by atoms with Gasteiger partial charge in [0.2, 0.25) is 0 Å². The van der Waals surface area contributed by atoms with Gasteiger partial charge in [0.1, 0.15) is 11.5 Å². The first-order valence-electron chi connectivity index (χ1n) is 5.08. The van der Waals surface area contributed by atoms with E-state index in [9.17, 15) is 10.2 Å². The summed E-state index contributed by atoms with van der Waals surface area (Å²) < 4.78 is 0. The van der Waals surface area contributed by atoms with E-state index in [1.54, 1.807) is 6.07 Å². The number of hydrogen-bond acceptors (Lipinski definition) is 2. The minimum Gasteiger partial charge on any atom is -0.508 e. The average Bonchev–Trinajstić information content (AvgIpc) is 2.24. The quantitative estimate of drug-likeness (QED) is 0.605. The van der Waals surface area contributed by atoms with Crippen LogP contribution in [0.1, 0.15) is 11.1 Å². The first-order valence-corrected chi connectivity index (χ1v) is 5.08. The summed E-state index contributed by atoms with van der Waals surface area (Å²) in [6.07, 6.45) is 4.07. The Morgan fingerprint density at radius 1 is 0.750 bits per heavy atom. The van der Waals surface area contributed by atoms with E-state index in [0.717, 1.165) is 5.56 Å². The SMILES string of the molecule is Oc1ccc(O)c(-c2ccc3c(c2)C=C3)c1. The molecule has 1 aliphatic carbocycles. The maximum atomic E-state index is 9.74. The van der Waals surface area contributed by atoms with Crippen LogP contribution in [0.2, 0.25) is 0 Å². The van der Waals surface area contributed by atoms with Crippen molar-refractivity contribution >= 4 is 12.2 Å². The van der Waals surface area contributed by atoms with Crippen LogP contribution in [0.4, 0.5) is 0 Å². The van der Waals surface area contributed by atoms with Crippen LogP contribution in [-0.4, -0.2) is 10.2 Å². The van der Waals surface area contributed by atoms with Crippen LogP contribution in [0.5, 0.6) is 11.5 Å². The summed E-state index contributed by atoms with van der Waals surface area (Å²) in [5.41, 5.74) is 3.95. The average molecular weight is 210 g/mol. The third-order valence-electron chi connectivity index (χ3n) is 2.82. The Labute approximate surface area is 93.1 Å². The van der Waals surface area contributed by atoms with Gasteiger partial charge in [-0.2, -0.15) is 0 Å². The fourth-order valence-electron chi connectivity index (χ4n) is 1.88. The van der Waals surface area contributed by atoms with E-state index in [2.05, 4.69) is 0 Å². The van der Waals surface area contributed by atoms with Crippen LogP contribution in [0.3, 0.4) is 0 Å². The predicted octanol–water partition coefficient (Wildman–Crippen LogP) is 3.25. The molecule has 0 aromatic heterocycles. The summed E-state index contributed by atoms with van der Waals surface area (Å²) in [7, 11) is 0. The van der Waals surface area contributed by atoms with Gasteiger partial charge in [-0.1, -0.05) is 24.3 Å². The van der Waals surface area contributed by atoms with Gasteiger partial charge in [0.05, 0.1) is 0 Å². The molecule has 2 heteroatoms. The molecular weight excluding hydrogens is 200 g/mol. The van der Waals surface area contributed by atoms with Crippen LogP contribution < -0.4 is 0 Å². The molecule has 3 rings (SSSR count). The molecular formula is C14H10O2. The molecule has 2 nitrogen and oxygen atoms in total. The van der Waals surface area contributed by atoms with Crippen LogP contribution in [0.25, 0.3) is 23.3 Å². The van der Waals surface area contributed by atoms with Crippen molar-refractivity contribution in [3.05, 3.63) is 47.5 Å². The zero-order valence-corrected chi connectivity index (χ0v) is 8.51. The summed E-state index contributed by atoms with van der Waals surface area (Å²) in [6.45, 7) is 0. The number of rotatable bonds is 1. The Bertz CT molecular complexity index is 598. The maximum Gasteiger partial charge on any atom is 0.123 e. The molecule has 0 amide bonds. The number of hydrogen-bond donors (Lipinski definition) is 2. The monoisotopic (exact) mass is 210 g/mol. The third-order valence-corrected chi connectivity index (χ3v) is 2.82. The molecule has 0 aliphatic heterocycles. The highest BCUT2D eigenvalue weighted by Gasteiger charge is 2.10. The molecule has 0 unspecified atom stereocenters. The molecule has 1 aliphatic rings. The second kappa shape index (κ2) is 3.14. The predicted molar refractivity (Wildman–Crippen MR) is 64.1 cm³/mol. The minimum absolute atomic E-state index is 0.158. The first kappa shape index (κ1) is 9.04. The van der Waals surface area contributed by atoms with E-state index in [4.69, 9.17) is 0 Å². The van der Waals surface area contributed by atoms with E-state index in [1.165, 1.54) is 23.3 Å². The van der Waals surface area contributed by atoms with Gasteiger partial charge in [-0.15, -0.1) is 0 Å². The molecule has 0 saturated carbocycles. The van der Waals surface area contributed by atoms with E-state index in [-0.39, 0.29) is 11.5 Å². The van der Waals surface area contributed by atoms with Gasteiger partial charge >= 0.3 is 0 Å². The standard InChI is InChI=1S/C14H10O2/c15-12-5-6-14(16)13(8-12)11-4-2-9-1-3-10(9)7-11/h1-8,15-16H. The molecule has 2 N–H and O–H groups in total. The van der Waals surface area contributed by atoms with Crippen LogP contribution in [0, 0.1) is 0 Å². The number of aromatic hydroxyl groups is 2. The summed E-state index contributed by atoms with van der Waals surface area (Å²) in [5.74, 6) is 0.340. The molecule has 2 aromatic carbocycles. The van der Waals surface area contributed by atoms with Crippen molar-refractivity contribution in [1.82, 2.24) is 0 Å². The van der Waals surface area contributed by atoms with Crippen LogP contribution >= 0.6 is 0 Å². The highest BCUT2D eigenvalue weighted by molar-refractivity contribution is 5.88. The van der Waals surface area contributed by atoms with Gasteiger partial charge in [-0.3, -0.25) is 0 Å². The zero-order valence-electron chi connectivity index (χ0n) is 8.51. The first-order chi connectivity index (χ1) is 7.74. The summed E-state index contributed by atoms with van der Waals surface area (Å²) in [4.78, 5) is 0. The lowest BCUT2D eigenvalue weighted by Gasteiger charge is -2.13. The second-order valence-corrected chi connectivity index (χ2v) is 3.88. The Balaban J connectivity index is 2.15. The fraction of sp³-hybridized carbons (Fsp3) is 0. The van der Waals surface area contributed by atoms with Crippen molar-refractivity contribution in [1.29, 1.82) is 0 Å². The molecule has 0 saturated heterocycles. The van der Waals surface area contributed by atoms with E-state index < -0.39 is 0 Å². The lowest BCUT2D eigenvalue weighted by molar-refractivity contribution is 0.462. The number of fused-ring (bicyclic) bond motifs is 1. The van der Waals surface area contributed by atoms with Crippen molar-refractivity contribution in [3.63, 3.8) is 0 Å². The molecule has 0 atom stereocenters. The highest BCUT2D eigenvalue weighted by Crippen LogP contribution is 2.35. The van der Waals surface area contributed by atoms with Crippen molar-refractivity contribution in [2.45, 2.75) is 0 Å². The summed E-state index contributed by atoms with van der Waals surface area (Å²) in [5, 5.41) is 19.1. The van der Waals surface area contributed by atoms with Crippen molar-refractivity contribution in [2.75, 3.05) is 0 Å². The lowest BCUT2D eigenvalue weighted by Crippen LogP contribution is -1.90. The Hall–Kier alpha value is -2.22.